The van der Waals surface area contributed by atoms with Gasteiger partial charge in [-0.15, -0.1) is 0 Å². The van der Waals surface area contributed by atoms with Crippen LogP contribution in [0.5, 0.6) is 0 Å². The molecule has 172 valence electrons. The molecule has 4 rings (SSSR count). The number of nitrogens with zero attached hydrogens (tertiary/aromatic N) is 3. The number of amides is 2. The topological polar surface area (TPSA) is 78.7 Å². The number of benzene rings is 1. The molecule has 9 heteroatoms. The van der Waals surface area contributed by atoms with Gasteiger partial charge in [-0.2, -0.15) is 0 Å². The molecule has 3 atom stereocenters. The Bertz CT molecular complexity index is 1000. The van der Waals surface area contributed by atoms with Crippen LogP contribution in [0.1, 0.15) is 36.7 Å². The number of halogens is 2. The molecule has 2 aromatic rings. The molecular formula is C23H28F2N4O3. The minimum Gasteiger partial charge on any atom is -0.355 e. The van der Waals surface area contributed by atoms with E-state index in [-0.39, 0.29) is 34.9 Å². The van der Waals surface area contributed by atoms with Gasteiger partial charge in [-0.3, -0.25) is 14.5 Å². The molecule has 1 aromatic carbocycles. The van der Waals surface area contributed by atoms with E-state index >= 15 is 0 Å². The van der Waals surface area contributed by atoms with E-state index in [0.717, 1.165) is 18.7 Å². The Morgan fingerprint density at radius 2 is 1.97 bits per heavy atom. The van der Waals surface area contributed by atoms with Crippen molar-refractivity contribution in [3.63, 3.8) is 0 Å². The second kappa shape index (κ2) is 8.97. The normalized spacial score (nSPS) is 22.4. The molecule has 1 saturated heterocycles. The van der Waals surface area contributed by atoms with Gasteiger partial charge in [-0.05, 0) is 44.2 Å². The standard InChI is InChI=1S/C23H28F2N4O3/c1-13(14-4-5-14)29-9-8-19(17(12-29)23(31)28(2)3)26-22(30)20-11-21(32-27-20)16-7-6-15(24)10-18(16)25/h6-7,10-11,13-14,17,19H,4-5,8-9,12H2,1-3H3,(H,26,30)/t13?,17-,19-/m1/s1. The molecule has 1 saturated carbocycles. The molecule has 0 bridgehead atoms. The van der Waals surface area contributed by atoms with Crippen molar-refractivity contribution in [1.82, 2.24) is 20.3 Å². The van der Waals surface area contributed by atoms with Gasteiger partial charge in [0.2, 0.25) is 5.91 Å². The first kappa shape index (κ1) is 22.4. The summed E-state index contributed by atoms with van der Waals surface area (Å²) in [5.74, 6) is -1.68. The van der Waals surface area contributed by atoms with Gasteiger partial charge in [0.15, 0.2) is 11.5 Å². The monoisotopic (exact) mass is 446 g/mol. The average molecular weight is 446 g/mol. The summed E-state index contributed by atoms with van der Waals surface area (Å²) in [7, 11) is 3.43. The van der Waals surface area contributed by atoms with Gasteiger partial charge >= 0.3 is 0 Å². The molecule has 2 fully saturated rings. The van der Waals surface area contributed by atoms with Crippen molar-refractivity contribution in [1.29, 1.82) is 0 Å². The second-order valence-electron chi connectivity index (χ2n) is 8.98. The summed E-state index contributed by atoms with van der Waals surface area (Å²) < 4.78 is 32.3. The zero-order chi connectivity index (χ0) is 23.0. The van der Waals surface area contributed by atoms with Crippen molar-refractivity contribution >= 4 is 11.8 Å². The maximum absolute atomic E-state index is 14.0. The highest BCUT2D eigenvalue weighted by molar-refractivity contribution is 5.94. The van der Waals surface area contributed by atoms with Crippen LogP contribution in [0.2, 0.25) is 0 Å². The van der Waals surface area contributed by atoms with Gasteiger partial charge in [0.05, 0.1) is 11.5 Å². The van der Waals surface area contributed by atoms with Crippen molar-refractivity contribution in [2.45, 2.75) is 38.3 Å². The fourth-order valence-corrected chi connectivity index (χ4v) is 4.42. The third-order valence-electron chi connectivity index (χ3n) is 6.54. The van der Waals surface area contributed by atoms with Crippen LogP contribution in [0.25, 0.3) is 11.3 Å². The highest BCUT2D eigenvalue weighted by Gasteiger charge is 2.41. The molecule has 2 aliphatic rings. The van der Waals surface area contributed by atoms with E-state index in [1.807, 2.05) is 0 Å². The zero-order valence-electron chi connectivity index (χ0n) is 18.5. The molecule has 2 heterocycles. The second-order valence-corrected chi connectivity index (χ2v) is 8.98. The Kier molecular flexibility index (Phi) is 6.28. The quantitative estimate of drug-likeness (QED) is 0.738. The third kappa shape index (κ3) is 4.67. The molecule has 1 aliphatic heterocycles. The van der Waals surface area contributed by atoms with Gasteiger partial charge < -0.3 is 14.7 Å². The summed E-state index contributed by atoms with van der Waals surface area (Å²) >= 11 is 0. The van der Waals surface area contributed by atoms with E-state index in [0.29, 0.717) is 24.9 Å². The minimum atomic E-state index is -0.804. The summed E-state index contributed by atoms with van der Waals surface area (Å²) in [6, 6.07) is 4.48. The van der Waals surface area contributed by atoms with Crippen molar-refractivity contribution < 1.29 is 22.9 Å². The predicted molar refractivity (Wildman–Crippen MR) is 114 cm³/mol. The lowest BCUT2D eigenvalue weighted by Crippen LogP contribution is -2.57. The maximum atomic E-state index is 14.0. The molecule has 0 radical (unpaired) electrons. The number of nitrogens with one attached hydrogen (secondary N) is 1. The highest BCUT2D eigenvalue weighted by atomic mass is 19.1. The number of carbonyl (C=O) groups is 2. The van der Waals surface area contributed by atoms with E-state index in [1.54, 1.807) is 19.0 Å². The van der Waals surface area contributed by atoms with E-state index in [1.165, 1.54) is 25.0 Å². The SMILES string of the molecule is CC(C1CC1)N1CC[C@@H](NC(=O)c2cc(-c3ccc(F)cc3F)on2)[C@H](C(=O)N(C)C)C1. The fourth-order valence-electron chi connectivity index (χ4n) is 4.42. The van der Waals surface area contributed by atoms with E-state index < -0.39 is 17.5 Å². The predicted octanol–water partition coefficient (Wildman–Crippen LogP) is 2.93. The first-order chi connectivity index (χ1) is 15.2. The van der Waals surface area contributed by atoms with Crippen LogP contribution < -0.4 is 5.32 Å². The highest BCUT2D eigenvalue weighted by Crippen LogP contribution is 2.36. The van der Waals surface area contributed by atoms with Crippen LogP contribution in [0.15, 0.2) is 28.8 Å². The van der Waals surface area contributed by atoms with E-state index in [4.69, 9.17) is 4.52 Å². The molecule has 32 heavy (non-hydrogen) atoms. The van der Waals surface area contributed by atoms with Crippen molar-refractivity contribution in [3.8, 4) is 11.3 Å². The van der Waals surface area contributed by atoms with Gasteiger partial charge in [0.1, 0.15) is 11.6 Å². The number of piperidine rings is 1. The van der Waals surface area contributed by atoms with E-state index in [2.05, 4.69) is 22.3 Å². The summed E-state index contributed by atoms with van der Waals surface area (Å²) in [5.41, 5.74) is -0.00506. The Hall–Kier alpha value is -2.81. The lowest BCUT2D eigenvalue weighted by Gasteiger charge is -2.41. The molecule has 1 aromatic heterocycles. The molecule has 1 unspecified atom stereocenters. The maximum Gasteiger partial charge on any atom is 0.273 e. The van der Waals surface area contributed by atoms with Crippen LogP contribution in [-0.2, 0) is 4.79 Å². The Balaban J connectivity index is 1.47. The van der Waals surface area contributed by atoms with Crippen LogP contribution in [0.3, 0.4) is 0 Å². The van der Waals surface area contributed by atoms with Crippen LogP contribution in [-0.4, -0.2) is 66.0 Å². The third-order valence-corrected chi connectivity index (χ3v) is 6.54. The van der Waals surface area contributed by atoms with Gasteiger partial charge in [-0.1, -0.05) is 5.16 Å². The van der Waals surface area contributed by atoms with Crippen LogP contribution >= 0.6 is 0 Å². The van der Waals surface area contributed by atoms with Gasteiger partial charge in [0, 0.05) is 51.4 Å². The number of likely N-dealkylation sites (tertiary alicyclic amines) is 1. The molecular weight excluding hydrogens is 418 g/mol. The van der Waals surface area contributed by atoms with Crippen molar-refractivity contribution in [2.75, 3.05) is 27.2 Å². The minimum absolute atomic E-state index is 0.0148. The number of rotatable bonds is 6. The number of hydrogen-bond acceptors (Lipinski definition) is 5. The van der Waals surface area contributed by atoms with Crippen LogP contribution in [0, 0.1) is 23.5 Å². The van der Waals surface area contributed by atoms with E-state index in [9.17, 15) is 18.4 Å². The Labute approximate surface area is 185 Å². The molecule has 7 nitrogen and oxygen atoms in total. The van der Waals surface area contributed by atoms with Gasteiger partial charge in [0.25, 0.3) is 5.91 Å². The first-order valence-electron chi connectivity index (χ1n) is 10.9. The van der Waals surface area contributed by atoms with Gasteiger partial charge in [-0.25, -0.2) is 8.78 Å². The fraction of sp³-hybridized carbons (Fsp3) is 0.522. The summed E-state index contributed by atoms with van der Waals surface area (Å²) in [4.78, 5) is 29.6. The summed E-state index contributed by atoms with van der Waals surface area (Å²) in [6.07, 6.45) is 3.10. The molecule has 0 spiro atoms. The first-order valence-corrected chi connectivity index (χ1v) is 10.9. The Morgan fingerprint density at radius 1 is 1.22 bits per heavy atom. The lowest BCUT2D eigenvalue weighted by atomic mass is 9.89. The largest absolute Gasteiger partial charge is 0.355 e. The summed E-state index contributed by atoms with van der Waals surface area (Å²) in [5, 5.41) is 6.67. The lowest BCUT2D eigenvalue weighted by molar-refractivity contribution is -0.136. The number of hydrogen-bond donors (Lipinski definition) is 1. The molecule has 1 N–H and O–H groups in total. The summed E-state index contributed by atoms with van der Waals surface area (Å²) in [6.45, 7) is 3.59. The Morgan fingerprint density at radius 3 is 2.62 bits per heavy atom. The average Bonchev–Trinajstić information content (AvgIpc) is 3.49. The smallest absolute Gasteiger partial charge is 0.273 e. The van der Waals surface area contributed by atoms with Crippen molar-refractivity contribution in [2.24, 2.45) is 11.8 Å². The number of aromatic nitrogens is 1. The van der Waals surface area contributed by atoms with Crippen molar-refractivity contribution in [3.05, 3.63) is 41.6 Å². The molecule has 2 amide bonds. The number of carbonyl (C=O) groups excluding carboxylic acids is 2. The zero-order valence-corrected chi connectivity index (χ0v) is 18.5. The molecule has 1 aliphatic carbocycles. The van der Waals surface area contributed by atoms with Crippen LogP contribution in [0.4, 0.5) is 8.78 Å².